The van der Waals surface area contributed by atoms with E-state index in [1.54, 1.807) is 12.1 Å². The molecule has 1 atom stereocenters. The van der Waals surface area contributed by atoms with Gasteiger partial charge in [0.15, 0.2) is 11.8 Å². The molecule has 0 saturated heterocycles. The van der Waals surface area contributed by atoms with Crippen LogP contribution in [0.3, 0.4) is 0 Å². The number of phenols is 1. The first-order valence-corrected chi connectivity index (χ1v) is 7.44. The van der Waals surface area contributed by atoms with Crippen LogP contribution in [0, 0.1) is 0 Å². The van der Waals surface area contributed by atoms with Crippen LogP contribution in [-0.4, -0.2) is 32.3 Å². The summed E-state index contributed by atoms with van der Waals surface area (Å²) in [5.41, 5.74) is 0.394. The van der Waals surface area contributed by atoms with E-state index >= 15 is 0 Å². The van der Waals surface area contributed by atoms with Crippen LogP contribution in [0.5, 0.6) is 5.75 Å². The molecule has 0 saturated carbocycles. The molecule has 0 amide bonds. The fourth-order valence-electron chi connectivity index (χ4n) is 1.73. The van der Waals surface area contributed by atoms with Crippen LogP contribution in [0.1, 0.15) is 5.01 Å². The number of rotatable bonds is 2. The van der Waals surface area contributed by atoms with Crippen LogP contribution in [-0.2, 0) is 4.79 Å². The van der Waals surface area contributed by atoms with Gasteiger partial charge in [-0.1, -0.05) is 29.9 Å². The van der Waals surface area contributed by atoms with Gasteiger partial charge >= 0.3 is 5.97 Å². The summed E-state index contributed by atoms with van der Waals surface area (Å²) in [6.07, 6.45) is 0. The SMILES string of the molecule is C=C1SC(c2nc3c(O)c(Cl)ccc3s2)=NC1C(=O)O. The molecule has 5 nitrogen and oxygen atoms in total. The number of hydrogen-bond donors (Lipinski definition) is 2. The Labute approximate surface area is 126 Å². The number of phenolic OH excluding ortho intramolecular Hbond substituents is 1. The molecule has 0 bridgehead atoms. The summed E-state index contributed by atoms with van der Waals surface area (Å²) in [4.78, 5) is 19.8. The molecular formula is C12H7ClN2O3S2. The maximum absolute atomic E-state index is 11.0. The summed E-state index contributed by atoms with van der Waals surface area (Å²) in [6, 6.07) is 2.39. The summed E-state index contributed by atoms with van der Waals surface area (Å²) in [5.74, 6) is -1.12. The van der Waals surface area contributed by atoms with Gasteiger partial charge in [0.25, 0.3) is 0 Å². The minimum Gasteiger partial charge on any atom is -0.504 e. The number of aromatic nitrogens is 1. The number of fused-ring (bicyclic) bond motifs is 1. The number of thioether (sulfide) groups is 1. The van der Waals surface area contributed by atoms with E-state index in [-0.39, 0.29) is 10.8 Å². The average molecular weight is 327 g/mol. The Kier molecular flexibility index (Phi) is 3.19. The van der Waals surface area contributed by atoms with Crippen molar-refractivity contribution in [2.75, 3.05) is 0 Å². The van der Waals surface area contributed by atoms with E-state index in [0.29, 0.717) is 20.5 Å². The zero-order valence-corrected chi connectivity index (χ0v) is 12.2. The predicted molar refractivity (Wildman–Crippen MR) is 81.0 cm³/mol. The maximum atomic E-state index is 11.0. The molecule has 1 aliphatic rings. The van der Waals surface area contributed by atoms with Crippen LogP contribution < -0.4 is 0 Å². The van der Waals surface area contributed by atoms with E-state index in [0.717, 1.165) is 4.70 Å². The Bertz CT molecular complexity index is 784. The van der Waals surface area contributed by atoms with Gasteiger partial charge in [-0.25, -0.2) is 9.78 Å². The van der Waals surface area contributed by atoms with E-state index in [4.69, 9.17) is 16.7 Å². The Morgan fingerprint density at radius 2 is 2.20 bits per heavy atom. The van der Waals surface area contributed by atoms with Crippen LogP contribution in [0.25, 0.3) is 10.2 Å². The highest BCUT2D eigenvalue weighted by Crippen LogP contribution is 2.39. The second kappa shape index (κ2) is 4.76. The molecule has 1 aromatic carbocycles. The first-order valence-electron chi connectivity index (χ1n) is 5.43. The largest absolute Gasteiger partial charge is 0.504 e. The molecule has 1 aromatic heterocycles. The summed E-state index contributed by atoms with van der Waals surface area (Å²) in [7, 11) is 0. The molecule has 20 heavy (non-hydrogen) atoms. The number of aliphatic carboxylic acids is 1. The molecule has 2 N–H and O–H groups in total. The van der Waals surface area contributed by atoms with Gasteiger partial charge in [0.05, 0.1) is 9.72 Å². The molecule has 0 fully saturated rings. The minimum atomic E-state index is -1.04. The average Bonchev–Trinajstić information content (AvgIpc) is 2.97. The van der Waals surface area contributed by atoms with Gasteiger partial charge in [-0.2, -0.15) is 0 Å². The number of nitrogens with zero attached hydrogens (tertiary/aromatic N) is 2. The maximum Gasteiger partial charge on any atom is 0.333 e. The third-order valence-electron chi connectivity index (χ3n) is 2.68. The molecule has 1 aliphatic heterocycles. The monoisotopic (exact) mass is 326 g/mol. The van der Waals surface area contributed by atoms with Crippen LogP contribution in [0.15, 0.2) is 28.6 Å². The van der Waals surface area contributed by atoms with Crippen molar-refractivity contribution in [3.05, 3.63) is 33.6 Å². The van der Waals surface area contributed by atoms with Crippen molar-refractivity contribution in [3.63, 3.8) is 0 Å². The Hall–Kier alpha value is -1.57. The normalized spacial score (nSPS) is 18.6. The number of hydrogen-bond acceptors (Lipinski definition) is 6. The van der Waals surface area contributed by atoms with Crippen molar-refractivity contribution in [1.29, 1.82) is 0 Å². The number of carboxylic acid groups (broad SMARTS) is 1. The highest BCUT2D eigenvalue weighted by molar-refractivity contribution is 8.18. The Balaban J connectivity index is 2.08. The topological polar surface area (TPSA) is 82.8 Å². The molecule has 2 aromatic rings. The fourth-order valence-corrected chi connectivity index (χ4v) is 3.80. The van der Waals surface area contributed by atoms with Gasteiger partial charge in [-0.05, 0) is 12.1 Å². The van der Waals surface area contributed by atoms with Crippen molar-refractivity contribution < 1.29 is 15.0 Å². The molecule has 0 aliphatic carbocycles. The third-order valence-corrected chi connectivity index (χ3v) is 5.12. The summed E-state index contributed by atoms with van der Waals surface area (Å²) >= 11 is 8.34. The minimum absolute atomic E-state index is 0.0797. The van der Waals surface area contributed by atoms with E-state index < -0.39 is 12.0 Å². The first-order chi connectivity index (χ1) is 9.47. The number of thiazole rings is 1. The molecule has 2 heterocycles. The second-order valence-corrected chi connectivity index (χ2v) is 6.56. The van der Waals surface area contributed by atoms with E-state index in [1.807, 2.05) is 0 Å². The number of benzene rings is 1. The third kappa shape index (κ3) is 2.07. The number of halogens is 1. The molecule has 102 valence electrons. The van der Waals surface area contributed by atoms with E-state index in [1.165, 1.54) is 23.1 Å². The highest BCUT2D eigenvalue weighted by atomic mass is 35.5. The molecule has 3 rings (SSSR count). The summed E-state index contributed by atoms with van der Waals surface area (Å²) in [6.45, 7) is 3.69. The first kappa shape index (κ1) is 13.4. The van der Waals surface area contributed by atoms with Gasteiger partial charge in [0.1, 0.15) is 15.6 Å². The number of aromatic hydroxyl groups is 1. The lowest BCUT2D eigenvalue weighted by atomic mass is 10.3. The van der Waals surface area contributed by atoms with Crippen molar-refractivity contribution in [1.82, 2.24) is 4.98 Å². The van der Waals surface area contributed by atoms with Crippen molar-refractivity contribution >= 4 is 55.9 Å². The summed E-state index contributed by atoms with van der Waals surface area (Å²) in [5, 5.41) is 20.1. The van der Waals surface area contributed by atoms with Gasteiger partial charge in [0, 0.05) is 4.91 Å². The molecule has 0 radical (unpaired) electrons. The van der Waals surface area contributed by atoms with E-state index in [2.05, 4.69) is 16.6 Å². The quantitative estimate of drug-likeness (QED) is 0.886. The van der Waals surface area contributed by atoms with Crippen molar-refractivity contribution in [2.45, 2.75) is 6.04 Å². The number of carboxylic acids is 1. The zero-order chi connectivity index (χ0) is 14.4. The van der Waals surface area contributed by atoms with Crippen molar-refractivity contribution in [2.24, 2.45) is 4.99 Å². The summed E-state index contributed by atoms with van der Waals surface area (Å²) < 4.78 is 0.759. The smallest absolute Gasteiger partial charge is 0.333 e. The lowest BCUT2D eigenvalue weighted by molar-refractivity contribution is -0.137. The number of aliphatic imine (C=N–C) groups is 1. The molecular weight excluding hydrogens is 320 g/mol. The predicted octanol–water partition coefficient (Wildman–Crippen LogP) is 3.12. The van der Waals surface area contributed by atoms with Crippen LogP contribution >= 0.6 is 34.7 Å². The Morgan fingerprint density at radius 3 is 2.85 bits per heavy atom. The number of carbonyl (C=O) groups is 1. The molecule has 1 unspecified atom stereocenters. The zero-order valence-electron chi connectivity index (χ0n) is 9.83. The molecule has 8 heteroatoms. The second-order valence-electron chi connectivity index (χ2n) is 4.01. The van der Waals surface area contributed by atoms with Crippen LogP contribution in [0.4, 0.5) is 0 Å². The van der Waals surface area contributed by atoms with E-state index in [9.17, 15) is 9.90 Å². The molecule has 0 spiro atoms. The van der Waals surface area contributed by atoms with Gasteiger partial charge in [-0.3, -0.25) is 4.99 Å². The highest BCUT2D eigenvalue weighted by Gasteiger charge is 2.30. The van der Waals surface area contributed by atoms with Crippen molar-refractivity contribution in [3.8, 4) is 5.75 Å². The van der Waals surface area contributed by atoms with Gasteiger partial charge in [0.2, 0.25) is 0 Å². The fraction of sp³-hybridized carbons (Fsp3) is 0.0833. The lowest BCUT2D eigenvalue weighted by Crippen LogP contribution is -2.15. The van der Waals surface area contributed by atoms with Gasteiger partial charge in [-0.15, -0.1) is 11.3 Å². The van der Waals surface area contributed by atoms with Gasteiger partial charge < -0.3 is 10.2 Å². The Morgan fingerprint density at radius 1 is 1.45 bits per heavy atom. The van der Waals surface area contributed by atoms with Crippen LogP contribution in [0.2, 0.25) is 5.02 Å². The lowest BCUT2D eigenvalue weighted by Gasteiger charge is -1.97. The standard InChI is InChI=1S/C12H7ClN2O3S2/c1-4-7(12(17)18)14-10(19-4)11-15-8-6(20-11)3-2-5(13)9(8)16/h2-3,7,16H,1H2,(H,17,18).